The van der Waals surface area contributed by atoms with Crippen LogP contribution in [-0.2, 0) is 4.79 Å². The van der Waals surface area contributed by atoms with Gasteiger partial charge in [0.25, 0.3) is 0 Å². The molecule has 0 rings (SSSR count). The van der Waals surface area contributed by atoms with Gasteiger partial charge in [-0.3, -0.25) is 4.79 Å². The summed E-state index contributed by atoms with van der Waals surface area (Å²) in [4.78, 5) is 9.98. The van der Waals surface area contributed by atoms with Gasteiger partial charge in [0, 0.05) is 0 Å². The van der Waals surface area contributed by atoms with Gasteiger partial charge in [-0.25, -0.2) is 0 Å². The molecule has 0 radical (unpaired) electrons. The van der Waals surface area contributed by atoms with Crippen molar-refractivity contribution in [3.63, 3.8) is 0 Å². The van der Waals surface area contributed by atoms with E-state index in [9.17, 15) is 9.90 Å². The number of carbonyl (C=O) groups excluding carboxylic acids is 1. The number of rotatable bonds is 1. The van der Waals surface area contributed by atoms with Gasteiger partial charge in [-0.15, -0.1) is 5.76 Å². The molecule has 0 N–H and O–H groups in total. The van der Waals surface area contributed by atoms with Gasteiger partial charge in [0.1, 0.15) is 0 Å². The molecule has 0 aromatic rings. The molecule has 0 bridgehead atoms. The molecule has 0 aliphatic heterocycles. The van der Waals surface area contributed by atoms with Crippen LogP contribution in [0.25, 0.3) is 0 Å². The Balaban J connectivity index is -0.0000000560. The zero-order valence-corrected chi connectivity index (χ0v) is 12.9. The van der Waals surface area contributed by atoms with Gasteiger partial charge in [0.15, 0.2) is 5.78 Å². The second-order valence-corrected chi connectivity index (χ2v) is 1.37. The molecule has 0 saturated carbocycles. The number of allylic oxidation sites excluding steroid dienone is 2. The zero-order valence-electron chi connectivity index (χ0n) is 8.39. The second-order valence-electron chi connectivity index (χ2n) is 1.37. The third kappa shape index (κ3) is 49.5. The summed E-state index contributed by atoms with van der Waals surface area (Å²) in [5.41, 5.74) is 0. The molecule has 0 heterocycles. The van der Waals surface area contributed by atoms with E-state index in [1.54, 1.807) is 13.8 Å². The molecule has 0 saturated heterocycles. The molecule has 0 spiro atoms. The minimum Gasteiger partial charge on any atom is -0.876 e. The predicted octanol–water partition coefficient (Wildman–Crippen LogP) is 1.14. The fourth-order valence-electron chi connectivity index (χ4n) is 0.286. The molecule has 68 valence electrons. The average Bonchev–Trinajstić information content (AvgIpc) is 1.93. The van der Waals surface area contributed by atoms with E-state index in [1.807, 2.05) is 0 Å². The first-order chi connectivity index (χ1) is 5.13. The molecule has 0 unspecified atom stereocenters. The van der Waals surface area contributed by atoms with Crippen LogP contribution in [0.3, 0.4) is 0 Å². The van der Waals surface area contributed by atoms with Crippen LogP contribution >= 0.6 is 0 Å². The summed E-state index contributed by atoms with van der Waals surface area (Å²) < 4.78 is 0. The Hall–Kier alpha value is 0.132. The smallest absolute Gasteiger partial charge is 0.876 e. The Morgan fingerprint density at radius 3 is 1.42 bits per heavy atom. The predicted molar refractivity (Wildman–Crippen MR) is 52.3 cm³/mol. The third-order valence-electron chi connectivity index (χ3n) is 0.407. The Bertz CT molecular complexity index is 105. The van der Waals surface area contributed by atoms with Crippen molar-refractivity contribution in [3.8, 4) is 0 Å². The topological polar surface area (TPSA) is 40.1 Å². The Kier molecular flexibility index (Phi) is 42.6. The van der Waals surface area contributed by atoms with Crippen LogP contribution in [0, 0.1) is 13.8 Å². The maximum atomic E-state index is 9.98. The van der Waals surface area contributed by atoms with E-state index in [0.717, 1.165) is 6.08 Å². The summed E-state index contributed by atoms with van der Waals surface area (Å²) in [5, 5.41) is 9.98. The molecule has 0 aliphatic rings. The van der Waals surface area contributed by atoms with Crippen LogP contribution in [0.1, 0.15) is 27.7 Å². The van der Waals surface area contributed by atoms with E-state index < -0.39 is 0 Å². The van der Waals surface area contributed by atoms with E-state index in [0.29, 0.717) is 0 Å². The molecule has 2 nitrogen and oxygen atoms in total. The van der Waals surface area contributed by atoms with Gasteiger partial charge < -0.3 is 19.0 Å². The van der Waals surface area contributed by atoms with Crippen molar-refractivity contribution < 1.29 is 9.90 Å². The van der Waals surface area contributed by atoms with Crippen molar-refractivity contribution >= 4 is 33.1 Å². The first-order valence-electron chi connectivity index (χ1n) is 3.40. The monoisotopic (exact) mass is 362 g/mol. The van der Waals surface area contributed by atoms with E-state index in [-0.39, 0.29) is 38.8 Å². The third-order valence-corrected chi connectivity index (χ3v) is 0.407. The van der Waals surface area contributed by atoms with Gasteiger partial charge >= 0.3 is 27.3 Å². The van der Waals surface area contributed by atoms with E-state index in [1.165, 1.54) is 13.8 Å². The van der Waals surface area contributed by atoms with E-state index >= 15 is 0 Å². The van der Waals surface area contributed by atoms with Gasteiger partial charge in [0.2, 0.25) is 0 Å². The van der Waals surface area contributed by atoms with Crippen molar-refractivity contribution in [2.75, 3.05) is 0 Å². The molecule has 0 atom stereocenters. The first kappa shape index (κ1) is 22.7. The van der Waals surface area contributed by atoms with Gasteiger partial charge in [-0.2, -0.15) is 13.8 Å². The first-order valence-corrected chi connectivity index (χ1v) is 3.40. The van der Waals surface area contributed by atoms with Crippen LogP contribution < -0.4 is 5.11 Å². The summed E-state index contributed by atoms with van der Waals surface area (Å²) in [6, 6.07) is 0. The number of carbonyl (C=O) groups is 1. The van der Waals surface area contributed by atoms with Crippen molar-refractivity contribution in [3.05, 3.63) is 25.7 Å². The van der Waals surface area contributed by atoms with Gasteiger partial charge in [-0.1, -0.05) is 6.92 Å². The maximum Gasteiger partial charge on any atom is 3.00 e. The van der Waals surface area contributed by atoms with Crippen LogP contribution in [0.4, 0.5) is 0 Å². The van der Waals surface area contributed by atoms with Crippen LogP contribution in [0.2, 0.25) is 0 Å². The van der Waals surface area contributed by atoms with Gasteiger partial charge in [0.05, 0.1) is 0 Å². The van der Waals surface area contributed by atoms with Crippen LogP contribution in [0.5, 0.6) is 0 Å². The molecule has 0 fully saturated rings. The Morgan fingerprint density at radius 1 is 1.17 bits per heavy atom. The van der Waals surface area contributed by atoms with Crippen molar-refractivity contribution in [2.45, 2.75) is 27.7 Å². The summed E-state index contributed by atoms with van der Waals surface area (Å²) in [6.07, 6.45) is 1.06. The van der Waals surface area contributed by atoms with E-state index in [2.05, 4.69) is 13.8 Å². The van der Waals surface area contributed by atoms with Crippen molar-refractivity contribution in [2.24, 2.45) is 0 Å². The number of ketones is 1. The average molecular weight is 362 g/mol. The summed E-state index contributed by atoms with van der Waals surface area (Å²) in [5.74, 6) is -0.375. The molecule has 0 aromatic carbocycles. The van der Waals surface area contributed by atoms with Crippen LogP contribution in [-0.4, -0.2) is 33.1 Å². The molecular formula is C9H17O2Tl. The second kappa shape index (κ2) is 22.5. The summed E-state index contributed by atoms with van der Waals surface area (Å²) in [6.45, 7) is 12.7. The fourth-order valence-corrected chi connectivity index (χ4v) is 0.286. The molecule has 0 aliphatic carbocycles. The normalized spacial score (nSPS) is 7.67. The number of hydrogen-bond acceptors (Lipinski definition) is 2. The largest absolute Gasteiger partial charge is 3.00 e. The zero-order chi connectivity index (χ0) is 9.86. The molecule has 3 heteroatoms. The van der Waals surface area contributed by atoms with Crippen molar-refractivity contribution in [1.29, 1.82) is 0 Å². The Morgan fingerprint density at radius 2 is 1.42 bits per heavy atom. The maximum absolute atomic E-state index is 9.98. The minimum atomic E-state index is -0.187. The summed E-state index contributed by atoms with van der Waals surface area (Å²) in [7, 11) is 0. The quantitative estimate of drug-likeness (QED) is 0.304. The van der Waals surface area contributed by atoms with E-state index in [4.69, 9.17) is 0 Å². The van der Waals surface area contributed by atoms with Crippen LogP contribution in [0.15, 0.2) is 11.8 Å². The van der Waals surface area contributed by atoms with Gasteiger partial charge in [-0.05, 0) is 13.0 Å². The summed E-state index contributed by atoms with van der Waals surface area (Å²) >= 11 is 0. The minimum absolute atomic E-state index is 0. The molecular weight excluding hydrogens is 344 g/mol. The Labute approximate surface area is 96.2 Å². The molecule has 12 heavy (non-hydrogen) atoms. The molecule has 0 aromatic heterocycles. The standard InChI is InChI=1S/C5H8O2.2C2H5.Tl/c1-4(6)3-5(2)7;2*1-2;/h3,6H,1-2H3;2*1H2,2H3;/q;2*-1;+3/p-1. The number of hydrogen-bond donors (Lipinski definition) is 0. The van der Waals surface area contributed by atoms with Crippen molar-refractivity contribution in [1.82, 2.24) is 0 Å². The molecule has 0 amide bonds. The fraction of sp³-hybridized carbons (Fsp3) is 0.444. The SMILES string of the molecule is CC(=O)C=C(C)[O-].[CH2-]C.[CH2-]C.[Tl+3].